The van der Waals surface area contributed by atoms with E-state index in [0.717, 1.165) is 42.9 Å². The molecule has 1 aliphatic heterocycles. The van der Waals surface area contributed by atoms with E-state index in [1.807, 2.05) is 42.2 Å². The Labute approximate surface area is 140 Å². The fraction of sp³-hybridized carbons (Fsp3) is 0.412. The number of carbonyl (C=O) groups is 1. The average molecular weight is 334 g/mol. The van der Waals surface area contributed by atoms with Crippen LogP contribution in [-0.4, -0.2) is 40.8 Å². The first-order valence-corrected chi connectivity index (χ1v) is 8.04. The first-order valence-electron chi connectivity index (χ1n) is 7.66. The molecule has 0 aliphatic carbocycles. The van der Waals surface area contributed by atoms with Gasteiger partial charge in [0.25, 0.3) is 0 Å². The van der Waals surface area contributed by atoms with Crippen molar-refractivity contribution >= 4 is 17.6 Å². The molecule has 6 heteroatoms. The molecule has 0 N–H and O–H groups in total. The minimum atomic E-state index is -0.120. The molecule has 122 valence electrons. The molecule has 2 aromatic rings. The molecule has 3 rings (SSSR count). The number of hydrogen-bond acceptors (Lipinski definition) is 4. The summed E-state index contributed by atoms with van der Waals surface area (Å²) in [4.78, 5) is 13.9. The van der Waals surface area contributed by atoms with Gasteiger partial charge in [-0.05, 0) is 19.0 Å². The third-order valence-electron chi connectivity index (χ3n) is 4.23. The third-order valence-corrected chi connectivity index (χ3v) is 4.56. The summed E-state index contributed by atoms with van der Waals surface area (Å²) in [5.41, 5.74) is 2.96. The van der Waals surface area contributed by atoms with Gasteiger partial charge in [0.05, 0.1) is 23.7 Å². The molecule has 0 unspecified atom stereocenters. The van der Waals surface area contributed by atoms with E-state index in [1.165, 1.54) is 7.11 Å². The van der Waals surface area contributed by atoms with Crippen molar-refractivity contribution in [2.45, 2.75) is 13.0 Å². The van der Waals surface area contributed by atoms with Crippen molar-refractivity contribution in [2.24, 2.45) is 13.0 Å². The van der Waals surface area contributed by atoms with Crippen LogP contribution in [0.1, 0.15) is 12.0 Å². The zero-order valence-electron chi connectivity index (χ0n) is 13.3. The largest absolute Gasteiger partial charge is 0.469 e. The normalized spacial score (nSPS) is 18.3. The third kappa shape index (κ3) is 3.41. The quantitative estimate of drug-likeness (QED) is 0.807. The molecule has 0 spiro atoms. The lowest BCUT2D eigenvalue weighted by Crippen LogP contribution is -2.23. The summed E-state index contributed by atoms with van der Waals surface area (Å²) in [6.07, 6.45) is 2.86. The molecule has 0 amide bonds. The van der Waals surface area contributed by atoms with Gasteiger partial charge in [0.2, 0.25) is 0 Å². The van der Waals surface area contributed by atoms with Gasteiger partial charge in [-0.15, -0.1) is 0 Å². The molecule has 1 saturated heterocycles. The van der Waals surface area contributed by atoms with E-state index in [9.17, 15) is 4.79 Å². The maximum Gasteiger partial charge on any atom is 0.310 e. The highest BCUT2D eigenvalue weighted by Crippen LogP contribution is 2.30. The van der Waals surface area contributed by atoms with Gasteiger partial charge in [0.1, 0.15) is 0 Å². The summed E-state index contributed by atoms with van der Waals surface area (Å²) in [5.74, 6) is -0.148. The van der Waals surface area contributed by atoms with Crippen LogP contribution in [-0.2, 0) is 23.1 Å². The Morgan fingerprint density at radius 3 is 2.96 bits per heavy atom. The summed E-state index contributed by atoms with van der Waals surface area (Å²) in [6.45, 7) is 2.36. The number of carbonyl (C=O) groups excluding carboxylic acids is 1. The average Bonchev–Trinajstić information content (AvgIpc) is 3.14. The molecular weight excluding hydrogens is 314 g/mol. The number of ether oxygens (including phenoxy) is 1. The van der Waals surface area contributed by atoms with Crippen LogP contribution in [0, 0.1) is 5.92 Å². The Balaban J connectivity index is 1.80. The van der Waals surface area contributed by atoms with E-state index in [0.29, 0.717) is 5.02 Å². The number of esters is 1. The molecular formula is C17H20ClN3O2. The molecule has 0 bridgehead atoms. The highest BCUT2D eigenvalue weighted by atomic mass is 35.5. The number of nitrogens with zero attached hydrogens (tertiary/aromatic N) is 3. The van der Waals surface area contributed by atoms with Crippen molar-refractivity contribution in [3.63, 3.8) is 0 Å². The Kier molecular flexibility index (Phi) is 4.68. The van der Waals surface area contributed by atoms with Crippen molar-refractivity contribution in [3.8, 4) is 11.3 Å². The summed E-state index contributed by atoms with van der Waals surface area (Å²) in [5, 5.41) is 5.26. The predicted molar refractivity (Wildman–Crippen MR) is 89.1 cm³/mol. The Morgan fingerprint density at radius 2 is 2.22 bits per heavy atom. The Bertz CT molecular complexity index is 714. The lowest BCUT2D eigenvalue weighted by Gasteiger charge is -2.15. The predicted octanol–water partition coefficient (Wildman–Crippen LogP) is 2.74. The van der Waals surface area contributed by atoms with Crippen LogP contribution >= 0.6 is 11.6 Å². The van der Waals surface area contributed by atoms with Crippen molar-refractivity contribution in [3.05, 3.63) is 41.0 Å². The molecule has 0 saturated carbocycles. The van der Waals surface area contributed by atoms with Gasteiger partial charge in [-0.25, -0.2) is 0 Å². The number of rotatable bonds is 4. The van der Waals surface area contributed by atoms with Crippen LogP contribution in [0.15, 0.2) is 30.5 Å². The molecule has 2 heterocycles. The molecule has 0 radical (unpaired) electrons. The molecule has 23 heavy (non-hydrogen) atoms. The standard InChI is InChI=1S/C17H20ClN3O2/c1-20-9-13(11-21-8-7-12(10-21)17(22)23-2)16(19-20)14-5-3-4-6-15(14)18/h3-6,9,12H,7-8,10-11H2,1-2H3/t12-/m1/s1. The highest BCUT2D eigenvalue weighted by Gasteiger charge is 2.29. The van der Waals surface area contributed by atoms with Crippen LogP contribution in [0.5, 0.6) is 0 Å². The summed E-state index contributed by atoms with van der Waals surface area (Å²) < 4.78 is 6.65. The SMILES string of the molecule is COC(=O)[C@@H]1CCN(Cc2cn(C)nc2-c2ccccc2Cl)C1. The number of hydrogen-bond donors (Lipinski definition) is 0. The second kappa shape index (κ2) is 6.72. The lowest BCUT2D eigenvalue weighted by molar-refractivity contribution is -0.144. The van der Waals surface area contributed by atoms with Crippen LogP contribution in [0.3, 0.4) is 0 Å². The van der Waals surface area contributed by atoms with E-state index in [-0.39, 0.29) is 11.9 Å². The maximum atomic E-state index is 11.7. The zero-order chi connectivity index (χ0) is 16.4. The van der Waals surface area contributed by atoms with Crippen LogP contribution in [0.2, 0.25) is 5.02 Å². The number of methoxy groups -OCH3 is 1. The monoisotopic (exact) mass is 333 g/mol. The first kappa shape index (κ1) is 16.0. The number of aryl methyl sites for hydroxylation is 1. The van der Waals surface area contributed by atoms with E-state index >= 15 is 0 Å². The smallest absolute Gasteiger partial charge is 0.310 e. The highest BCUT2D eigenvalue weighted by molar-refractivity contribution is 6.33. The second-order valence-electron chi connectivity index (χ2n) is 5.90. The molecule has 5 nitrogen and oxygen atoms in total. The number of halogens is 1. The zero-order valence-corrected chi connectivity index (χ0v) is 14.1. The van der Waals surface area contributed by atoms with E-state index < -0.39 is 0 Å². The molecule has 1 aromatic heterocycles. The van der Waals surface area contributed by atoms with Gasteiger partial charge in [-0.2, -0.15) is 5.10 Å². The molecule has 1 atom stereocenters. The van der Waals surface area contributed by atoms with E-state index in [1.54, 1.807) is 0 Å². The number of aromatic nitrogens is 2. The topological polar surface area (TPSA) is 47.4 Å². The minimum absolute atomic E-state index is 0.0274. The Hall–Kier alpha value is -1.85. The summed E-state index contributed by atoms with van der Waals surface area (Å²) in [6, 6.07) is 7.73. The van der Waals surface area contributed by atoms with Crippen LogP contribution < -0.4 is 0 Å². The van der Waals surface area contributed by atoms with Gasteiger partial charge < -0.3 is 4.74 Å². The van der Waals surface area contributed by atoms with Gasteiger partial charge in [0.15, 0.2) is 0 Å². The number of likely N-dealkylation sites (tertiary alicyclic amines) is 1. The van der Waals surface area contributed by atoms with Crippen molar-refractivity contribution < 1.29 is 9.53 Å². The lowest BCUT2D eigenvalue weighted by atomic mass is 10.1. The van der Waals surface area contributed by atoms with E-state index in [2.05, 4.69) is 10.00 Å². The molecule has 1 aliphatic rings. The number of benzene rings is 1. The van der Waals surface area contributed by atoms with Crippen molar-refractivity contribution in [1.82, 2.24) is 14.7 Å². The fourth-order valence-corrected chi connectivity index (χ4v) is 3.33. The first-order chi connectivity index (χ1) is 11.1. The van der Waals surface area contributed by atoms with Gasteiger partial charge in [-0.1, -0.05) is 29.8 Å². The van der Waals surface area contributed by atoms with E-state index in [4.69, 9.17) is 16.3 Å². The van der Waals surface area contributed by atoms with Crippen molar-refractivity contribution in [1.29, 1.82) is 0 Å². The van der Waals surface area contributed by atoms with Gasteiger partial charge in [0, 0.05) is 37.5 Å². The molecule has 1 fully saturated rings. The van der Waals surface area contributed by atoms with Crippen LogP contribution in [0.25, 0.3) is 11.3 Å². The summed E-state index contributed by atoms with van der Waals surface area (Å²) >= 11 is 6.32. The maximum absolute atomic E-state index is 11.7. The molecule has 1 aromatic carbocycles. The Morgan fingerprint density at radius 1 is 1.43 bits per heavy atom. The van der Waals surface area contributed by atoms with Gasteiger partial charge in [-0.3, -0.25) is 14.4 Å². The fourth-order valence-electron chi connectivity index (χ4n) is 3.11. The minimum Gasteiger partial charge on any atom is -0.469 e. The van der Waals surface area contributed by atoms with Crippen molar-refractivity contribution in [2.75, 3.05) is 20.2 Å². The van der Waals surface area contributed by atoms with Crippen LogP contribution in [0.4, 0.5) is 0 Å². The second-order valence-corrected chi connectivity index (χ2v) is 6.31. The summed E-state index contributed by atoms with van der Waals surface area (Å²) in [7, 11) is 3.35. The van der Waals surface area contributed by atoms with Gasteiger partial charge >= 0.3 is 5.97 Å².